The van der Waals surface area contributed by atoms with Gasteiger partial charge in [-0.2, -0.15) is 0 Å². The maximum Gasteiger partial charge on any atom is 0.415 e. The number of nitrogens with zero attached hydrogens (tertiary/aromatic N) is 2. The van der Waals surface area contributed by atoms with Crippen molar-refractivity contribution in [2.24, 2.45) is 0 Å². The molecule has 1 saturated heterocycles. The van der Waals surface area contributed by atoms with Gasteiger partial charge in [0.05, 0.1) is 18.9 Å². The van der Waals surface area contributed by atoms with E-state index in [2.05, 4.69) is 4.85 Å². The smallest absolute Gasteiger partial charge is 0.415 e. The van der Waals surface area contributed by atoms with Gasteiger partial charge in [0.2, 0.25) is 0 Å². The maximum absolute atomic E-state index is 11.8. The lowest BCUT2D eigenvalue weighted by Gasteiger charge is -2.30. The number of carbonyl (C=O) groups excluding carboxylic acids is 1. The second-order valence-electron chi connectivity index (χ2n) is 4.12. The lowest BCUT2D eigenvalue weighted by atomic mass is 10.1. The second-order valence-corrected chi connectivity index (χ2v) is 4.12. The molecular formula is C12H10N2O4. The molecule has 2 aliphatic rings. The highest BCUT2D eigenvalue weighted by Gasteiger charge is 2.46. The summed E-state index contributed by atoms with van der Waals surface area (Å²) in [5, 5.41) is 9.15. The topological polar surface area (TPSA) is 63.4 Å². The molecule has 2 aliphatic heterocycles. The molecule has 3 rings (SSSR count). The van der Waals surface area contributed by atoms with Crippen LogP contribution in [-0.2, 0) is 4.74 Å². The van der Waals surface area contributed by atoms with Crippen molar-refractivity contribution in [2.45, 2.75) is 12.1 Å². The van der Waals surface area contributed by atoms with Gasteiger partial charge in [-0.3, -0.25) is 4.90 Å². The van der Waals surface area contributed by atoms with Crippen LogP contribution >= 0.6 is 0 Å². The van der Waals surface area contributed by atoms with E-state index in [4.69, 9.17) is 21.2 Å². The molecular weight excluding hydrogens is 236 g/mol. The first-order valence-corrected chi connectivity index (χ1v) is 5.49. The Morgan fingerprint density at radius 2 is 2.39 bits per heavy atom. The number of aliphatic hydroxyl groups is 1. The van der Waals surface area contributed by atoms with Gasteiger partial charge in [-0.05, 0) is 12.1 Å². The van der Waals surface area contributed by atoms with Gasteiger partial charge in [-0.1, -0.05) is 6.07 Å². The van der Waals surface area contributed by atoms with E-state index in [0.717, 1.165) is 0 Å². The van der Waals surface area contributed by atoms with E-state index in [-0.39, 0.29) is 19.3 Å². The highest BCUT2D eigenvalue weighted by Crippen LogP contribution is 2.40. The lowest BCUT2D eigenvalue weighted by molar-refractivity contribution is 0.0734. The number of hydrogen-bond donors (Lipinski definition) is 1. The molecule has 0 saturated carbocycles. The lowest BCUT2D eigenvalue weighted by Crippen LogP contribution is -2.45. The van der Waals surface area contributed by atoms with Gasteiger partial charge in [-0.15, -0.1) is 0 Å². The SMILES string of the molecule is [C-]#[N+]c1ccc2c(c1)OC[C@H]1[C@H](CO)OC(=O)N21. The number of aliphatic hydroxyl groups excluding tert-OH is 1. The fourth-order valence-electron chi connectivity index (χ4n) is 2.25. The third kappa shape index (κ3) is 1.41. The Morgan fingerprint density at radius 3 is 3.11 bits per heavy atom. The summed E-state index contributed by atoms with van der Waals surface area (Å²) in [6.07, 6.45) is -1.05. The van der Waals surface area contributed by atoms with Crippen LogP contribution in [0.15, 0.2) is 18.2 Å². The van der Waals surface area contributed by atoms with Crippen LogP contribution < -0.4 is 9.64 Å². The molecule has 18 heavy (non-hydrogen) atoms. The summed E-state index contributed by atoms with van der Waals surface area (Å²) < 4.78 is 10.6. The normalized spacial score (nSPS) is 24.7. The maximum atomic E-state index is 11.8. The summed E-state index contributed by atoms with van der Waals surface area (Å²) in [5.41, 5.74) is 1.04. The molecule has 0 aliphatic carbocycles. The summed E-state index contributed by atoms with van der Waals surface area (Å²) in [4.78, 5) is 16.6. The van der Waals surface area contributed by atoms with Crippen LogP contribution in [0.1, 0.15) is 0 Å². The Hall–Kier alpha value is -2.26. The Bertz CT molecular complexity index is 551. The van der Waals surface area contributed by atoms with Crippen LogP contribution in [0.2, 0.25) is 0 Å². The van der Waals surface area contributed by atoms with Crippen LogP contribution in [0.4, 0.5) is 16.2 Å². The molecule has 92 valence electrons. The standard InChI is InChI=1S/C12H10N2O4/c1-13-7-2-3-8-10(4-7)17-6-9-11(5-15)18-12(16)14(8)9/h2-4,9,11,15H,5-6H2/t9-,11-/m0/s1. The third-order valence-corrected chi connectivity index (χ3v) is 3.13. The molecule has 0 radical (unpaired) electrons. The van der Waals surface area contributed by atoms with Crippen molar-refractivity contribution in [3.8, 4) is 5.75 Å². The highest BCUT2D eigenvalue weighted by molar-refractivity contribution is 5.93. The van der Waals surface area contributed by atoms with E-state index in [1.54, 1.807) is 18.2 Å². The van der Waals surface area contributed by atoms with Gasteiger partial charge >= 0.3 is 6.09 Å². The fourth-order valence-corrected chi connectivity index (χ4v) is 2.25. The number of fused-ring (bicyclic) bond motifs is 3. The van der Waals surface area contributed by atoms with Crippen molar-refractivity contribution in [1.29, 1.82) is 0 Å². The Balaban J connectivity index is 2.03. The van der Waals surface area contributed by atoms with E-state index < -0.39 is 12.2 Å². The monoisotopic (exact) mass is 246 g/mol. The van der Waals surface area contributed by atoms with E-state index >= 15 is 0 Å². The number of benzene rings is 1. The number of anilines is 1. The molecule has 0 spiro atoms. The van der Waals surface area contributed by atoms with E-state index in [0.29, 0.717) is 17.1 Å². The van der Waals surface area contributed by atoms with Crippen LogP contribution in [-0.4, -0.2) is 36.6 Å². The molecule has 6 heteroatoms. The molecule has 1 N–H and O–H groups in total. The largest absolute Gasteiger partial charge is 0.490 e. The van der Waals surface area contributed by atoms with E-state index in [1.807, 2.05) is 0 Å². The average Bonchev–Trinajstić information content (AvgIpc) is 2.75. The van der Waals surface area contributed by atoms with Crippen LogP contribution in [0.3, 0.4) is 0 Å². The average molecular weight is 246 g/mol. The van der Waals surface area contributed by atoms with Gasteiger partial charge in [0.25, 0.3) is 0 Å². The summed E-state index contributed by atoms with van der Waals surface area (Å²) >= 11 is 0. The number of cyclic esters (lactones) is 1. The van der Waals surface area contributed by atoms with Crippen LogP contribution in [0, 0.1) is 6.57 Å². The molecule has 1 aromatic rings. The summed E-state index contributed by atoms with van der Waals surface area (Å²) in [7, 11) is 0. The summed E-state index contributed by atoms with van der Waals surface area (Å²) in [6, 6.07) is 4.57. The molecule has 1 aromatic carbocycles. The molecule has 0 aromatic heterocycles. The first-order valence-electron chi connectivity index (χ1n) is 5.49. The van der Waals surface area contributed by atoms with Gasteiger partial charge in [0, 0.05) is 0 Å². The van der Waals surface area contributed by atoms with Gasteiger partial charge in [0.1, 0.15) is 18.4 Å². The molecule has 2 heterocycles. The van der Waals surface area contributed by atoms with Crippen molar-refractivity contribution in [3.63, 3.8) is 0 Å². The first-order chi connectivity index (χ1) is 8.74. The van der Waals surface area contributed by atoms with Crippen molar-refractivity contribution in [1.82, 2.24) is 0 Å². The Kier molecular flexibility index (Phi) is 2.35. The molecule has 1 amide bonds. The molecule has 6 nitrogen and oxygen atoms in total. The summed E-state index contributed by atoms with van der Waals surface area (Å²) in [6.45, 7) is 6.97. The van der Waals surface area contributed by atoms with Crippen molar-refractivity contribution in [3.05, 3.63) is 29.6 Å². The van der Waals surface area contributed by atoms with Crippen LogP contribution in [0.25, 0.3) is 4.85 Å². The van der Waals surface area contributed by atoms with Gasteiger partial charge in [-0.25, -0.2) is 9.64 Å². The Morgan fingerprint density at radius 1 is 1.56 bits per heavy atom. The van der Waals surface area contributed by atoms with Crippen molar-refractivity contribution in [2.75, 3.05) is 18.1 Å². The zero-order valence-corrected chi connectivity index (χ0v) is 9.37. The molecule has 0 unspecified atom stereocenters. The Labute approximate surface area is 103 Å². The predicted molar refractivity (Wildman–Crippen MR) is 61.8 cm³/mol. The zero-order chi connectivity index (χ0) is 12.7. The quantitative estimate of drug-likeness (QED) is 0.759. The summed E-state index contributed by atoms with van der Waals surface area (Å²) in [5.74, 6) is 0.496. The molecule has 1 fully saturated rings. The molecule has 0 bridgehead atoms. The van der Waals surface area contributed by atoms with E-state index in [9.17, 15) is 4.79 Å². The minimum Gasteiger partial charge on any atom is -0.490 e. The first kappa shape index (κ1) is 10.9. The number of rotatable bonds is 1. The zero-order valence-electron chi connectivity index (χ0n) is 9.37. The predicted octanol–water partition coefficient (Wildman–Crippen LogP) is 1.32. The highest BCUT2D eigenvalue weighted by atomic mass is 16.6. The number of ether oxygens (including phenoxy) is 2. The van der Waals surface area contributed by atoms with Crippen molar-refractivity contribution < 1.29 is 19.4 Å². The van der Waals surface area contributed by atoms with Crippen LogP contribution in [0.5, 0.6) is 5.75 Å². The van der Waals surface area contributed by atoms with Crippen molar-refractivity contribution >= 4 is 17.5 Å². The minimum absolute atomic E-state index is 0.230. The van der Waals surface area contributed by atoms with E-state index in [1.165, 1.54) is 4.90 Å². The number of amides is 1. The third-order valence-electron chi connectivity index (χ3n) is 3.13. The van der Waals surface area contributed by atoms with Gasteiger partial charge < -0.3 is 14.6 Å². The number of carbonyl (C=O) groups is 1. The second kappa shape index (κ2) is 3.89. The number of hydrogen-bond acceptors (Lipinski definition) is 4. The fraction of sp³-hybridized carbons (Fsp3) is 0.333. The minimum atomic E-state index is -0.564. The molecule has 2 atom stereocenters. The van der Waals surface area contributed by atoms with Gasteiger partial charge in [0.15, 0.2) is 11.8 Å².